The zero-order valence-corrected chi connectivity index (χ0v) is 8.10. The summed E-state index contributed by atoms with van der Waals surface area (Å²) in [6.45, 7) is 4.29. The Bertz CT molecular complexity index is 205. The Balaban J connectivity index is 2.22. The average Bonchev–Trinajstić information content (AvgIpc) is 2.25. The van der Waals surface area contributed by atoms with Gasteiger partial charge in [0.15, 0.2) is 0 Å². The number of hydrogen-bond acceptors (Lipinski definition) is 1. The van der Waals surface area contributed by atoms with Crippen LogP contribution in [0.4, 0.5) is 0 Å². The summed E-state index contributed by atoms with van der Waals surface area (Å²) in [6.07, 6.45) is 6.17. The molecule has 2 rings (SSSR count). The summed E-state index contributed by atoms with van der Waals surface area (Å²) in [5.41, 5.74) is 0.00505. The highest BCUT2D eigenvalue weighted by atomic mass is 16.1. The van der Waals surface area contributed by atoms with Crippen molar-refractivity contribution in [1.82, 2.24) is 0 Å². The molecule has 0 saturated heterocycles. The standard InChI is InChI=1S/C11H18O/c1-11(2)9-6-4-3-5-8(9)7-10(11)12/h8-9H,3-7H2,1-2H3/t8-,9-/m0/s1. The Morgan fingerprint density at radius 1 is 1.25 bits per heavy atom. The molecule has 1 nitrogen and oxygen atoms in total. The number of hydrogen-bond donors (Lipinski definition) is 0. The molecule has 0 aromatic rings. The van der Waals surface area contributed by atoms with Gasteiger partial charge in [-0.2, -0.15) is 0 Å². The van der Waals surface area contributed by atoms with Crippen LogP contribution in [0, 0.1) is 17.3 Å². The van der Waals surface area contributed by atoms with E-state index in [4.69, 9.17) is 0 Å². The molecule has 68 valence electrons. The number of ketones is 1. The first kappa shape index (κ1) is 8.28. The highest BCUT2D eigenvalue weighted by Gasteiger charge is 2.48. The number of carbonyl (C=O) groups is 1. The largest absolute Gasteiger partial charge is 0.299 e. The van der Waals surface area contributed by atoms with Crippen molar-refractivity contribution in [3.05, 3.63) is 0 Å². The molecule has 0 unspecified atom stereocenters. The summed E-state index contributed by atoms with van der Waals surface area (Å²) in [7, 11) is 0. The fraction of sp³-hybridized carbons (Fsp3) is 0.909. The zero-order valence-electron chi connectivity index (χ0n) is 8.10. The van der Waals surface area contributed by atoms with E-state index in [-0.39, 0.29) is 5.41 Å². The molecule has 0 spiro atoms. The molecule has 0 aromatic heterocycles. The average molecular weight is 166 g/mol. The van der Waals surface area contributed by atoms with Crippen molar-refractivity contribution in [1.29, 1.82) is 0 Å². The van der Waals surface area contributed by atoms with Gasteiger partial charge in [-0.05, 0) is 24.7 Å². The minimum Gasteiger partial charge on any atom is -0.299 e. The number of rotatable bonds is 0. The topological polar surface area (TPSA) is 17.1 Å². The minimum atomic E-state index is 0.00505. The monoisotopic (exact) mass is 166 g/mol. The lowest BCUT2D eigenvalue weighted by Crippen LogP contribution is -2.28. The second-order valence-corrected chi connectivity index (χ2v) is 5.00. The molecule has 12 heavy (non-hydrogen) atoms. The van der Waals surface area contributed by atoms with Gasteiger partial charge in [-0.1, -0.05) is 26.7 Å². The van der Waals surface area contributed by atoms with E-state index in [0.717, 1.165) is 12.3 Å². The summed E-state index contributed by atoms with van der Waals surface area (Å²) in [5.74, 6) is 1.96. The summed E-state index contributed by atoms with van der Waals surface area (Å²) < 4.78 is 0. The van der Waals surface area contributed by atoms with E-state index in [2.05, 4.69) is 13.8 Å². The molecule has 0 heterocycles. The van der Waals surface area contributed by atoms with E-state index in [0.29, 0.717) is 11.7 Å². The van der Waals surface area contributed by atoms with Gasteiger partial charge in [0.2, 0.25) is 0 Å². The highest BCUT2D eigenvalue weighted by Crippen LogP contribution is 2.50. The van der Waals surface area contributed by atoms with E-state index in [9.17, 15) is 4.79 Å². The molecule has 2 aliphatic carbocycles. The minimum absolute atomic E-state index is 0.00505. The molecule has 1 heteroatoms. The molecule has 0 amide bonds. The van der Waals surface area contributed by atoms with Crippen molar-refractivity contribution >= 4 is 5.78 Å². The molecular formula is C11H18O. The van der Waals surface area contributed by atoms with Crippen LogP contribution >= 0.6 is 0 Å². The van der Waals surface area contributed by atoms with Crippen molar-refractivity contribution in [2.75, 3.05) is 0 Å². The van der Waals surface area contributed by atoms with Crippen molar-refractivity contribution in [2.24, 2.45) is 17.3 Å². The zero-order chi connectivity index (χ0) is 8.77. The van der Waals surface area contributed by atoms with Gasteiger partial charge in [-0.15, -0.1) is 0 Å². The highest BCUT2D eigenvalue weighted by molar-refractivity contribution is 5.87. The fourth-order valence-corrected chi connectivity index (χ4v) is 3.11. The van der Waals surface area contributed by atoms with Gasteiger partial charge in [0.25, 0.3) is 0 Å². The van der Waals surface area contributed by atoms with Gasteiger partial charge in [-0.25, -0.2) is 0 Å². The van der Waals surface area contributed by atoms with Crippen LogP contribution in [-0.4, -0.2) is 5.78 Å². The van der Waals surface area contributed by atoms with E-state index in [1.165, 1.54) is 25.7 Å². The lowest BCUT2D eigenvalue weighted by Gasteiger charge is -2.32. The van der Waals surface area contributed by atoms with Crippen molar-refractivity contribution in [3.8, 4) is 0 Å². The van der Waals surface area contributed by atoms with Gasteiger partial charge in [0, 0.05) is 11.8 Å². The molecule has 0 bridgehead atoms. The summed E-state index contributed by atoms with van der Waals surface area (Å²) >= 11 is 0. The van der Waals surface area contributed by atoms with E-state index < -0.39 is 0 Å². The Morgan fingerprint density at radius 3 is 2.58 bits per heavy atom. The first-order valence-electron chi connectivity index (χ1n) is 5.15. The van der Waals surface area contributed by atoms with E-state index in [1.54, 1.807) is 0 Å². The van der Waals surface area contributed by atoms with Crippen LogP contribution in [0.25, 0.3) is 0 Å². The first-order valence-corrected chi connectivity index (χ1v) is 5.15. The van der Waals surface area contributed by atoms with Crippen LogP contribution in [0.2, 0.25) is 0 Å². The van der Waals surface area contributed by atoms with Crippen LogP contribution in [0.5, 0.6) is 0 Å². The van der Waals surface area contributed by atoms with Gasteiger partial charge in [0.05, 0.1) is 0 Å². The van der Waals surface area contributed by atoms with Crippen LogP contribution in [0.3, 0.4) is 0 Å². The Hall–Kier alpha value is -0.330. The SMILES string of the molecule is CC1(C)C(=O)C[C@@H]2CCCC[C@@H]21. The van der Waals surface area contributed by atoms with Crippen molar-refractivity contribution in [2.45, 2.75) is 46.0 Å². The molecule has 2 aliphatic rings. The van der Waals surface area contributed by atoms with Crippen molar-refractivity contribution < 1.29 is 4.79 Å². The quantitative estimate of drug-likeness (QED) is 0.541. The lowest BCUT2D eigenvalue weighted by molar-refractivity contribution is -0.125. The van der Waals surface area contributed by atoms with E-state index >= 15 is 0 Å². The fourth-order valence-electron chi connectivity index (χ4n) is 3.11. The van der Waals surface area contributed by atoms with Gasteiger partial charge in [-0.3, -0.25) is 4.79 Å². The van der Waals surface area contributed by atoms with E-state index in [1.807, 2.05) is 0 Å². The van der Waals surface area contributed by atoms with Crippen LogP contribution in [0.1, 0.15) is 46.0 Å². The Kier molecular flexibility index (Phi) is 1.78. The predicted molar refractivity (Wildman–Crippen MR) is 48.9 cm³/mol. The van der Waals surface area contributed by atoms with Gasteiger partial charge >= 0.3 is 0 Å². The van der Waals surface area contributed by atoms with Crippen LogP contribution in [-0.2, 0) is 4.79 Å². The third kappa shape index (κ3) is 1.02. The summed E-state index contributed by atoms with van der Waals surface area (Å²) in [6, 6.07) is 0. The molecule has 2 atom stereocenters. The maximum atomic E-state index is 11.7. The molecule has 0 aromatic carbocycles. The maximum absolute atomic E-state index is 11.7. The Morgan fingerprint density at radius 2 is 1.92 bits per heavy atom. The number of fused-ring (bicyclic) bond motifs is 1. The third-order valence-electron chi connectivity index (χ3n) is 4.00. The molecule has 0 N–H and O–H groups in total. The number of carbonyl (C=O) groups excluding carboxylic acids is 1. The third-order valence-corrected chi connectivity index (χ3v) is 4.00. The van der Waals surface area contributed by atoms with Crippen molar-refractivity contribution in [3.63, 3.8) is 0 Å². The van der Waals surface area contributed by atoms with Gasteiger partial charge in [0.1, 0.15) is 5.78 Å². The van der Waals surface area contributed by atoms with Gasteiger partial charge < -0.3 is 0 Å². The van der Waals surface area contributed by atoms with Crippen LogP contribution < -0.4 is 0 Å². The number of Topliss-reactive ketones (excluding diaryl/α,β-unsaturated/α-hetero) is 1. The lowest BCUT2D eigenvalue weighted by atomic mass is 9.71. The second-order valence-electron chi connectivity index (χ2n) is 5.00. The molecule has 2 saturated carbocycles. The first-order chi connectivity index (χ1) is 5.62. The van der Waals surface area contributed by atoms with Crippen LogP contribution in [0.15, 0.2) is 0 Å². The summed E-state index contributed by atoms with van der Waals surface area (Å²) in [4.78, 5) is 11.7. The smallest absolute Gasteiger partial charge is 0.139 e. The molecular weight excluding hydrogens is 148 g/mol. The normalized spacial score (nSPS) is 39.7. The molecule has 0 aliphatic heterocycles. The second kappa shape index (κ2) is 2.58. The maximum Gasteiger partial charge on any atom is 0.139 e. The summed E-state index contributed by atoms with van der Waals surface area (Å²) in [5, 5.41) is 0. The Labute approximate surface area is 74.5 Å². The molecule has 2 fully saturated rings. The molecule has 0 radical (unpaired) electrons. The predicted octanol–water partition coefficient (Wildman–Crippen LogP) is 2.79.